The molecule has 2 saturated heterocycles. The van der Waals surface area contributed by atoms with Gasteiger partial charge in [0, 0.05) is 17.4 Å². The topological polar surface area (TPSA) is 143 Å². The summed E-state index contributed by atoms with van der Waals surface area (Å²) < 4.78 is 16.7. The number of carbonyl (C=O) groups excluding carboxylic acids is 2. The molecule has 166 valence electrons. The number of esters is 1. The molecule has 30 heavy (non-hydrogen) atoms. The van der Waals surface area contributed by atoms with E-state index < -0.39 is 49.3 Å². The summed E-state index contributed by atoms with van der Waals surface area (Å²) in [6, 6.07) is 0. The van der Waals surface area contributed by atoms with Gasteiger partial charge in [-0.05, 0) is 31.4 Å². The summed E-state index contributed by atoms with van der Waals surface area (Å²) in [4.78, 5) is 24.9. The SMILES string of the molecule is CC1=C2C(=O)C=C(COC3OC(CO)C(O)C(O)C3O)C2C2OC(=O)C(C)C2CC1. The molecule has 9 heteroatoms. The summed E-state index contributed by atoms with van der Waals surface area (Å²) in [7, 11) is 0. The number of carbonyl (C=O) groups is 2. The van der Waals surface area contributed by atoms with E-state index in [1.807, 2.05) is 13.8 Å². The van der Waals surface area contributed by atoms with Crippen LogP contribution >= 0.6 is 0 Å². The average molecular weight is 424 g/mol. The molecule has 2 aliphatic carbocycles. The zero-order chi connectivity index (χ0) is 21.7. The molecule has 2 fully saturated rings. The summed E-state index contributed by atoms with van der Waals surface area (Å²) in [6.45, 7) is 3.12. The van der Waals surface area contributed by atoms with Crippen molar-refractivity contribution >= 4 is 11.8 Å². The second-order valence-electron chi connectivity index (χ2n) is 8.66. The maximum absolute atomic E-state index is 12.7. The van der Waals surface area contributed by atoms with Crippen molar-refractivity contribution in [1.82, 2.24) is 0 Å². The molecule has 2 heterocycles. The zero-order valence-corrected chi connectivity index (χ0v) is 16.9. The smallest absolute Gasteiger partial charge is 0.309 e. The molecule has 9 nitrogen and oxygen atoms in total. The molecule has 4 aliphatic rings. The third kappa shape index (κ3) is 3.43. The van der Waals surface area contributed by atoms with Crippen molar-refractivity contribution in [2.75, 3.05) is 13.2 Å². The second-order valence-corrected chi connectivity index (χ2v) is 8.66. The molecule has 0 aromatic carbocycles. The molecule has 4 rings (SSSR count). The fourth-order valence-electron chi connectivity index (χ4n) is 5.08. The molecule has 0 aromatic rings. The monoisotopic (exact) mass is 424 g/mol. The molecule has 0 spiro atoms. The van der Waals surface area contributed by atoms with E-state index in [0.29, 0.717) is 17.6 Å². The highest BCUT2D eigenvalue weighted by molar-refractivity contribution is 6.09. The van der Waals surface area contributed by atoms with Crippen LogP contribution in [0.3, 0.4) is 0 Å². The van der Waals surface area contributed by atoms with Crippen LogP contribution in [-0.4, -0.2) is 82.2 Å². The third-order valence-corrected chi connectivity index (χ3v) is 6.88. The van der Waals surface area contributed by atoms with Crippen LogP contribution in [0.1, 0.15) is 26.7 Å². The average Bonchev–Trinajstić information content (AvgIpc) is 3.14. The van der Waals surface area contributed by atoms with Crippen molar-refractivity contribution in [2.45, 2.75) is 63.5 Å². The Hall–Kier alpha value is -1.62. The lowest BCUT2D eigenvalue weighted by atomic mass is 9.81. The molecule has 0 saturated carbocycles. The van der Waals surface area contributed by atoms with Crippen LogP contribution < -0.4 is 0 Å². The summed E-state index contributed by atoms with van der Waals surface area (Å²) in [5.41, 5.74) is 2.23. The summed E-state index contributed by atoms with van der Waals surface area (Å²) in [5, 5.41) is 39.3. The number of ether oxygens (including phenoxy) is 3. The first-order chi connectivity index (χ1) is 14.2. The number of allylic oxidation sites excluding steroid dienone is 2. The molecule has 9 atom stereocenters. The van der Waals surface area contributed by atoms with Gasteiger partial charge >= 0.3 is 5.97 Å². The number of fused-ring (bicyclic) bond motifs is 3. The Labute approximate surface area is 173 Å². The lowest BCUT2D eigenvalue weighted by molar-refractivity contribution is -0.299. The van der Waals surface area contributed by atoms with Gasteiger partial charge in [0.1, 0.15) is 30.5 Å². The van der Waals surface area contributed by atoms with Gasteiger partial charge in [0.2, 0.25) is 0 Å². The minimum Gasteiger partial charge on any atom is -0.461 e. The van der Waals surface area contributed by atoms with Crippen molar-refractivity contribution < 1.29 is 44.2 Å². The standard InChI is InChI=1S/C21H28O9/c1-8-3-4-11-9(2)20(27)30-19(11)15-10(5-12(23)14(8)15)7-28-21-18(26)17(25)16(24)13(6-22)29-21/h5,9,11,13,15-19,21-22,24-26H,3-4,6-7H2,1-2H3. The van der Waals surface area contributed by atoms with E-state index in [1.165, 1.54) is 6.08 Å². The van der Waals surface area contributed by atoms with Crippen molar-refractivity contribution in [3.05, 3.63) is 22.8 Å². The Morgan fingerprint density at radius 1 is 1.17 bits per heavy atom. The van der Waals surface area contributed by atoms with E-state index in [-0.39, 0.29) is 30.2 Å². The van der Waals surface area contributed by atoms with Crippen LogP contribution in [0, 0.1) is 17.8 Å². The Balaban J connectivity index is 1.54. The highest BCUT2D eigenvalue weighted by Crippen LogP contribution is 2.48. The van der Waals surface area contributed by atoms with Gasteiger partial charge in [0.15, 0.2) is 12.1 Å². The number of ketones is 1. The third-order valence-electron chi connectivity index (χ3n) is 6.88. The first-order valence-electron chi connectivity index (χ1n) is 10.3. The van der Waals surface area contributed by atoms with Gasteiger partial charge in [-0.15, -0.1) is 0 Å². The Morgan fingerprint density at radius 2 is 1.90 bits per heavy atom. The Kier molecular flexibility index (Phi) is 5.86. The van der Waals surface area contributed by atoms with Gasteiger partial charge < -0.3 is 34.6 Å². The predicted molar refractivity (Wildman–Crippen MR) is 101 cm³/mol. The largest absolute Gasteiger partial charge is 0.461 e. The Morgan fingerprint density at radius 3 is 2.60 bits per heavy atom. The van der Waals surface area contributed by atoms with Gasteiger partial charge in [0.25, 0.3) is 0 Å². The number of hydrogen-bond donors (Lipinski definition) is 4. The predicted octanol–water partition coefficient (Wildman–Crippen LogP) is -0.784. The van der Waals surface area contributed by atoms with E-state index in [2.05, 4.69) is 0 Å². The zero-order valence-electron chi connectivity index (χ0n) is 16.9. The molecule has 0 aromatic heterocycles. The first-order valence-corrected chi connectivity index (χ1v) is 10.3. The maximum Gasteiger partial charge on any atom is 0.309 e. The molecule has 9 unspecified atom stereocenters. The first kappa shape index (κ1) is 21.6. The van der Waals surface area contributed by atoms with Crippen LogP contribution in [0.5, 0.6) is 0 Å². The van der Waals surface area contributed by atoms with E-state index in [4.69, 9.17) is 14.2 Å². The second kappa shape index (κ2) is 8.14. The van der Waals surface area contributed by atoms with E-state index in [0.717, 1.165) is 12.0 Å². The van der Waals surface area contributed by atoms with Gasteiger partial charge in [-0.25, -0.2) is 0 Å². The van der Waals surface area contributed by atoms with Crippen LogP contribution in [0.2, 0.25) is 0 Å². The quantitative estimate of drug-likeness (QED) is 0.427. The van der Waals surface area contributed by atoms with E-state index >= 15 is 0 Å². The lowest BCUT2D eigenvalue weighted by Crippen LogP contribution is -2.59. The highest BCUT2D eigenvalue weighted by Gasteiger charge is 2.52. The molecular formula is C21H28O9. The van der Waals surface area contributed by atoms with E-state index in [1.54, 1.807) is 0 Å². The van der Waals surface area contributed by atoms with Crippen LogP contribution in [0.4, 0.5) is 0 Å². The van der Waals surface area contributed by atoms with Gasteiger partial charge in [0.05, 0.1) is 19.1 Å². The molecule has 0 amide bonds. The van der Waals surface area contributed by atoms with E-state index in [9.17, 15) is 30.0 Å². The molecule has 2 aliphatic heterocycles. The van der Waals surface area contributed by atoms with Crippen LogP contribution in [0.25, 0.3) is 0 Å². The van der Waals surface area contributed by atoms with Gasteiger partial charge in [-0.3, -0.25) is 9.59 Å². The van der Waals surface area contributed by atoms with Crippen molar-refractivity contribution in [3.63, 3.8) is 0 Å². The fraction of sp³-hybridized carbons (Fsp3) is 0.714. The normalized spacial score (nSPS) is 43.8. The maximum atomic E-state index is 12.7. The lowest BCUT2D eigenvalue weighted by Gasteiger charge is -2.39. The molecule has 0 bridgehead atoms. The summed E-state index contributed by atoms with van der Waals surface area (Å²) in [6.07, 6.45) is -4.41. The minimum atomic E-state index is -1.54. The van der Waals surface area contributed by atoms with Crippen LogP contribution in [-0.2, 0) is 23.8 Å². The minimum absolute atomic E-state index is 0.00323. The number of hydrogen-bond acceptors (Lipinski definition) is 9. The van der Waals surface area contributed by atoms with Crippen LogP contribution in [0.15, 0.2) is 22.8 Å². The fourth-order valence-corrected chi connectivity index (χ4v) is 5.08. The van der Waals surface area contributed by atoms with Gasteiger partial charge in [-0.2, -0.15) is 0 Å². The number of rotatable bonds is 4. The molecule has 0 radical (unpaired) electrons. The van der Waals surface area contributed by atoms with Crippen molar-refractivity contribution in [1.29, 1.82) is 0 Å². The Bertz CT molecular complexity index is 785. The number of aliphatic hydroxyl groups is 4. The summed E-state index contributed by atoms with van der Waals surface area (Å²) in [5.74, 6) is -1.07. The highest BCUT2D eigenvalue weighted by atomic mass is 16.7. The summed E-state index contributed by atoms with van der Waals surface area (Å²) >= 11 is 0. The van der Waals surface area contributed by atoms with Gasteiger partial charge in [-0.1, -0.05) is 12.5 Å². The van der Waals surface area contributed by atoms with Crippen molar-refractivity contribution in [2.24, 2.45) is 17.8 Å². The van der Waals surface area contributed by atoms with Crippen molar-refractivity contribution in [3.8, 4) is 0 Å². The molecular weight excluding hydrogens is 396 g/mol. The molecule has 4 N–H and O–H groups in total. The number of aliphatic hydroxyl groups excluding tert-OH is 4.